The number of benzene rings is 1. The van der Waals surface area contributed by atoms with Crippen molar-refractivity contribution < 1.29 is 9.59 Å². The summed E-state index contributed by atoms with van der Waals surface area (Å²) in [6, 6.07) is 7.47. The minimum atomic E-state index is -0.0896. The monoisotopic (exact) mass is 345 g/mol. The van der Waals surface area contributed by atoms with E-state index in [0.717, 1.165) is 28.4 Å². The minimum Gasteiger partial charge on any atom is -0.354 e. The minimum absolute atomic E-state index is 0.00274. The Bertz CT molecular complexity index is 693. The molecule has 6 heteroatoms. The highest BCUT2D eigenvalue weighted by atomic mass is 32.1. The van der Waals surface area contributed by atoms with E-state index in [1.165, 1.54) is 0 Å². The standard InChI is InChI=1S/C18H23N3O2S/c1-4-18-21-15(11-24-18)10-17(23)20-14-7-5-13(6-8-14)9-16(22)19-12(2)3/h5-8,11-12H,4,9-10H2,1-3H3,(H,19,22)(H,20,23). The third-order valence-corrected chi connectivity index (χ3v) is 4.34. The number of anilines is 1. The Hall–Kier alpha value is -2.21. The largest absolute Gasteiger partial charge is 0.354 e. The number of nitrogens with zero attached hydrogens (tertiary/aromatic N) is 1. The van der Waals surface area contributed by atoms with Crippen LogP contribution in [0.1, 0.15) is 37.0 Å². The van der Waals surface area contributed by atoms with Crippen LogP contribution in [-0.2, 0) is 28.9 Å². The first-order chi connectivity index (χ1) is 11.5. The zero-order valence-corrected chi connectivity index (χ0v) is 15.1. The van der Waals surface area contributed by atoms with Crippen molar-refractivity contribution in [3.8, 4) is 0 Å². The van der Waals surface area contributed by atoms with Gasteiger partial charge >= 0.3 is 0 Å². The smallest absolute Gasteiger partial charge is 0.230 e. The molecular formula is C18H23N3O2S. The Morgan fingerprint density at radius 2 is 1.83 bits per heavy atom. The average Bonchev–Trinajstić information content (AvgIpc) is 2.96. The SMILES string of the molecule is CCc1nc(CC(=O)Nc2ccc(CC(=O)NC(C)C)cc2)cs1. The van der Waals surface area contributed by atoms with E-state index in [-0.39, 0.29) is 24.3 Å². The van der Waals surface area contributed by atoms with Crippen LogP contribution in [0.5, 0.6) is 0 Å². The van der Waals surface area contributed by atoms with Gasteiger partial charge in [0, 0.05) is 17.1 Å². The summed E-state index contributed by atoms with van der Waals surface area (Å²) in [5.41, 5.74) is 2.44. The highest BCUT2D eigenvalue weighted by molar-refractivity contribution is 7.09. The zero-order chi connectivity index (χ0) is 17.5. The maximum absolute atomic E-state index is 12.1. The summed E-state index contributed by atoms with van der Waals surface area (Å²) in [5.74, 6) is -0.0923. The van der Waals surface area contributed by atoms with Crippen molar-refractivity contribution in [1.29, 1.82) is 0 Å². The molecule has 0 aliphatic rings. The first kappa shape index (κ1) is 18.1. The fourth-order valence-electron chi connectivity index (χ4n) is 2.23. The van der Waals surface area contributed by atoms with Crippen molar-refractivity contribution in [2.45, 2.75) is 46.1 Å². The van der Waals surface area contributed by atoms with E-state index in [1.807, 2.05) is 50.4 Å². The molecule has 0 unspecified atom stereocenters. The van der Waals surface area contributed by atoms with Gasteiger partial charge in [0.25, 0.3) is 0 Å². The van der Waals surface area contributed by atoms with Gasteiger partial charge in [0.2, 0.25) is 11.8 Å². The Kier molecular flexibility index (Phi) is 6.49. The normalized spacial score (nSPS) is 10.7. The van der Waals surface area contributed by atoms with E-state index in [2.05, 4.69) is 15.6 Å². The molecule has 0 bridgehead atoms. The quantitative estimate of drug-likeness (QED) is 0.810. The van der Waals surface area contributed by atoms with Gasteiger partial charge < -0.3 is 10.6 Å². The number of rotatable bonds is 7. The lowest BCUT2D eigenvalue weighted by Gasteiger charge is -2.09. The van der Waals surface area contributed by atoms with Crippen LogP contribution in [0.25, 0.3) is 0 Å². The molecule has 128 valence electrons. The highest BCUT2D eigenvalue weighted by Gasteiger charge is 2.08. The summed E-state index contributed by atoms with van der Waals surface area (Å²) < 4.78 is 0. The molecule has 0 fully saturated rings. The lowest BCUT2D eigenvalue weighted by Crippen LogP contribution is -2.31. The molecule has 2 N–H and O–H groups in total. The molecule has 1 heterocycles. The number of aryl methyl sites for hydroxylation is 1. The molecule has 2 rings (SSSR count). The van der Waals surface area contributed by atoms with E-state index in [9.17, 15) is 9.59 Å². The van der Waals surface area contributed by atoms with Crippen LogP contribution in [0, 0.1) is 0 Å². The maximum atomic E-state index is 12.1. The number of carbonyl (C=O) groups is 2. The van der Waals surface area contributed by atoms with Gasteiger partial charge in [0.05, 0.1) is 23.5 Å². The molecule has 0 saturated heterocycles. The van der Waals surface area contributed by atoms with Crippen LogP contribution in [-0.4, -0.2) is 22.8 Å². The zero-order valence-electron chi connectivity index (χ0n) is 14.3. The molecule has 24 heavy (non-hydrogen) atoms. The summed E-state index contributed by atoms with van der Waals surface area (Å²) in [6.45, 7) is 5.91. The van der Waals surface area contributed by atoms with Gasteiger partial charge in [-0.05, 0) is 38.0 Å². The average molecular weight is 345 g/mol. The van der Waals surface area contributed by atoms with Crippen LogP contribution in [0.3, 0.4) is 0 Å². The summed E-state index contributed by atoms with van der Waals surface area (Å²) in [7, 11) is 0. The molecule has 0 aliphatic carbocycles. The van der Waals surface area contributed by atoms with Crippen LogP contribution in [0.4, 0.5) is 5.69 Å². The Morgan fingerprint density at radius 1 is 1.12 bits per heavy atom. The molecule has 0 saturated carbocycles. The van der Waals surface area contributed by atoms with Gasteiger partial charge in [-0.2, -0.15) is 0 Å². The lowest BCUT2D eigenvalue weighted by atomic mass is 10.1. The molecule has 1 aromatic heterocycles. The number of carbonyl (C=O) groups excluding carboxylic acids is 2. The maximum Gasteiger partial charge on any atom is 0.230 e. The van der Waals surface area contributed by atoms with E-state index in [1.54, 1.807) is 11.3 Å². The van der Waals surface area contributed by atoms with E-state index >= 15 is 0 Å². The van der Waals surface area contributed by atoms with Crippen molar-refractivity contribution in [2.24, 2.45) is 0 Å². The fraction of sp³-hybridized carbons (Fsp3) is 0.389. The van der Waals surface area contributed by atoms with Crippen molar-refractivity contribution in [1.82, 2.24) is 10.3 Å². The molecule has 2 amide bonds. The second kappa shape index (κ2) is 8.59. The van der Waals surface area contributed by atoms with Crippen LogP contribution < -0.4 is 10.6 Å². The van der Waals surface area contributed by atoms with Gasteiger partial charge in [0.1, 0.15) is 0 Å². The molecule has 5 nitrogen and oxygen atoms in total. The number of thiazole rings is 1. The molecule has 0 atom stereocenters. The van der Waals surface area contributed by atoms with E-state index in [4.69, 9.17) is 0 Å². The van der Waals surface area contributed by atoms with Gasteiger partial charge in [0.15, 0.2) is 0 Å². The summed E-state index contributed by atoms with van der Waals surface area (Å²) in [6.07, 6.45) is 1.50. The summed E-state index contributed by atoms with van der Waals surface area (Å²) in [4.78, 5) is 28.2. The molecular weight excluding hydrogens is 322 g/mol. The Morgan fingerprint density at radius 3 is 2.42 bits per heavy atom. The highest BCUT2D eigenvalue weighted by Crippen LogP contribution is 2.13. The lowest BCUT2D eigenvalue weighted by molar-refractivity contribution is -0.121. The number of aromatic nitrogens is 1. The van der Waals surface area contributed by atoms with Gasteiger partial charge in [-0.15, -0.1) is 11.3 Å². The van der Waals surface area contributed by atoms with Crippen molar-refractivity contribution >= 4 is 28.8 Å². The van der Waals surface area contributed by atoms with Crippen LogP contribution in [0.15, 0.2) is 29.6 Å². The second-order valence-corrected chi connectivity index (χ2v) is 6.85. The third kappa shape index (κ3) is 5.77. The first-order valence-corrected chi connectivity index (χ1v) is 8.95. The van der Waals surface area contributed by atoms with Crippen molar-refractivity contribution in [3.63, 3.8) is 0 Å². The summed E-state index contributed by atoms with van der Waals surface area (Å²) in [5, 5.41) is 8.68. The molecule has 1 aromatic carbocycles. The molecule has 2 aromatic rings. The van der Waals surface area contributed by atoms with E-state index < -0.39 is 0 Å². The first-order valence-electron chi connectivity index (χ1n) is 8.07. The Balaban J connectivity index is 1.86. The fourth-order valence-corrected chi connectivity index (χ4v) is 2.97. The number of amides is 2. The summed E-state index contributed by atoms with van der Waals surface area (Å²) >= 11 is 1.58. The molecule has 0 radical (unpaired) electrons. The van der Waals surface area contributed by atoms with Crippen LogP contribution in [0.2, 0.25) is 0 Å². The van der Waals surface area contributed by atoms with Gasteiger partial charge in [-0.25, -0.2) is 4.98 Å². The van der Waals surface area contributed by atoms with Crippen LogP contribution >= 0.6 is 11.3 Å². The van der Waals surface area contributed by atoms with E-state index in [0.29, 0.717) is 6.42 Å². The number of hydrogen-bond acceptors (Lipinski definition) is 4. The van der Waals surface area contributed by atoms with Gasteiger partial charge in [-0.3, -0.25) is 9.59 Å². The number of hydrogen-bond donors (Lipinski definition) is 2. The predicted octanol–water partition coefficient (Wildman–Crippen LogP) is 2.95. The predicted molar refractivity (Wildman–Crippen MR) is 97.3 cm³/mol. The molecule has 0 spiro atoms. The third-order valence-electron chi connectivity index (χ3n) is 3.30. The second-order valence-electron chi connectivity index (χ2n) is 5.91. The topological polar surface area (TPSA) is 71.1 Å². The Labute approximate surface area is 146 Å². The van der Waals surface area contributed by atoms with Crippen molar-refractivity contribution in [3.05, 3.63) is 45.9 Å². The van der Waals surface area contributed by atoms with Crippen molar-refractivity contribution in [2.75, 3.05) is 5.32 Å². The molecule has 0 aliphatic heterocycles. The van der Waals surface area contributed by atoms with Gasteiger partial charge in [-0.1, -0.05) is 19.1 Å². The number of nitrogens with one attached hydrogen (secondary N) is 2.